The number of carboxylic acid groups (broad SMARTS) is 1. The third-order valence-electron chi connectivity index (χ3n) is 3.59. The molecule has 1 aliphatic carbocycles. The maximum absolute atomic E-state index is 11.8. The summed E-state index contributed by atoms with van der Waals surface area (Å²) in [5.74, 6) is -1.04. The molecule has 7 heteroatoms. The Labute approximate surface area is 124 Å². The Balaban J connectivity index is 1.55. The zero-order valence-electron chi connectivity index (χ0n) is 11.2. The first-order chi connectivity index (χ1) is 10.1. The smallest absolute Gasteiger partial charge is 0.311 e. The number of aromatic nitrogens is 1. The van der Waals surface area contributed by atoms with Gasteiger partial charge >= 0.3 is 5.97 Å². The van der Waals surface area contributed by atoms with Crippen LogP contribution in [0.15, 0.2) is 28.4 Å². The van der Waals surface area contributed by atoms with Crippen LogP contribution in [0.1, 0.15) is 18.5 Å². The van der Waals surface area contributed by atoms with E-state index in [2.05, 4.69) is 10.3 Å². The van der Waals surface area contributed by atoms with Gasteiger partial charge in [-0.25, -0.2) is 4.98 Å². The van der Waals surface area contributed by atoms with Gasteiger partial charge in [-0.1, -0.05) is 0 Å². The lowest BCUT2D eigenvalue weighted by molar-refractivity contribution is -0.143. The summed E-state index contributed by atoms with van der Waals surface area (Å²) in [7, 11) is 0. The molecule has 110 valence electrons. The number of rotatable bonds is 6. The monoisotopic (exact) mass is 306 g/mol. The Morgan fingerprint density at radius 1 is 1.48 bits per heavy atom. The maximum atomic E-state index is 11.8. The summed E-state index contributed by atoms with van der Waals surface area (Å²) < 4.78 is 5.00. The van der Waals surface area contributed by atoms with Crippen molar-refractivity contribution < 1.29 is 19.1 Å². The van der Waals surface area contributed by atoms with Crippen molar-refractivity contribution in [3.8, 4) is 10.6 Å². The molecule has 0 saturated heterocycles. The van der Waals surface area contributed by atoms with Crippen LogP contribution in [0.2, 0.25) is 0 Å². The first kappa shape index (κ1) is 13.8. The molecule has 21 heavy (non-hydrogen) atoms. The Kier molecular flexibility index (Phi) is 3.50. The van der Waals surface area contributed by atoms with Gasteiger partial charge in [-0.3, -0.25) is 9.59 Å². The molecule has 0 aromatic carbocycles. The Hall–Kier alpha value is -2.15. The highest BCUT2D eigenvalue weighted by Gasteiger charge is 2.50. The SMILES string of the molecule is O=C(Cc1csc(-c2ccoc2)n1)NCC1(C(=O)O)CC1. The van der Waals surface area contributed by atoms with Crippen LogP contribution in [0, 0.1) is 5.41 Å². The Bertz CT molecular complexity index is 658. The van der Waals surface area contributed by atoms with Crippen LogP contribution >= 0.6 is 11.3 Å². The van der Waals surface area contributed by atoms with Crippen molar-refractivity contribution in [3.63, 3.8) is 0 Å². The van der Waals surface area contributed by atoms with E-state index in [4.69, 9.17) is 9.52 Å². The van der Waals surface area contributed by atoms with E-state index in [1.54, 1.807) is 12.5 Å². The van der Waals surface area contributed by atoms with Crippen molar-refractivity contribution >= 4 is 23.2 Å². The van der Waals surface area contributed by atoms with Crippen molar-refractivity contribution in [2.75, 3.05) is 6.54 Å². The van der Waals surface area contributed by atoms with E-state index in [9.17, 15) is 9.59 Å². The lowest BCUT2D eigenvalue weighted by atomic mass is 10.1. The lowest BCUT2D eigenvalue weighted by Gasteiger charge is -2.10. The molecule has 2 aromatic rings. The number of aliphatic carboxylic acids is 1. The third-order valence-corrected chi connectivity index (χ3v) is 4.53. The van der Waals surface area contributed by atoms with E-state index >= 15 is 0 Å². The molecule has 1 amide bonds. The minimum absolute atomic E-state index is 0.157. The van der Waals surface area contributed by atoms with Crippen LogP contribution < -0.4 is 5.32 Å². The summed E-state index contributed by atoms with van der Waals surface area (Å²) in [5, 5.41) is 14.4. The van der Waals surface area contributed by atoms with Crippen molar-refractivity contribution in [2.24, 2.45) is 5.41 Å². The second-order valence-electron chi connectivity index (χ2n) is 5.20. The molecule has 1 aliphatic rings. The topological polar surface area (TPSA) is 92.4 Å². The van der Waals surface area contributed by atoms with Crippen LogP contribution in [0.25, 0.3) is 10.6 Å². The van der Waals surface area contributed by atoms with Crippen molar-refractivity contribution in [2.45, 2.75) is 19.3 Å². The molecule has 0 atom stereocenters. The van der Waals surface area contributed by atoms with Crippen molar-refractivity contribution in [1.29, 1.82) is 0 Å². The van der Waals surface area contributed by atoms with Gasteiger partial charge in [0.05, 0.1) is 23.8 Å². The molecule has 3 rings (SSSR count). The highest BCUT2D eigenvalue weighted by molar-refractivity contribution is 7.13. The zero-order valence-corrected chi connectivity index (χ0v) is 12.0. The summed E-state index contributed by atoms with van der Waals surface area (Å²) >= 11 is 1.44. The van der Waals surface area contributed by atoms with Crippen LogP contribution in [0.3, 0.4) is 0 Å². The van der Waals surface area contributed by atoms with E-state index in [1.165, 1.54) is 11.3 Å². The number of carboxylic acids is 1. The quantitative estimate of drug-likeness (QED) is 0.850. The van der Waals surface area contributed by atoms with E-state index in [0.29, 0.717) is 18.5 Å². The minimum Gasteiger partial charge on any atom is -0.481 e. The zero-order chi connectivity index (χ0) is 14.9. The molecular formula is C14H14N2O4S. The van der Waals surface area contributed by atoms with Gasteiger partial charge in [0.1, 0.15) is 11.3 Å². The predicted molar refractivity (Wildman–Crippen MR) is 75.8 cm³/mol. The van der Waals surface area contributed by atoms with Crippen LogP contribution in [0.5, 0.6) is 0 Å². The Morgan fingerprint density at radius 3 is 2.90 bits per heavy atom. The predicted octanol–water partition coefficient (Wildman–Crippen LogP) is 1.93. The fraction of sp³-hybridized carbons (Fsp3) is 0.357. The summed E-state index contributed by atoms with van der Waals surface area (Å²) in [6.45, 7) is 0.194. The first-order valence-electron chi connectivity index (χ1n) is 6.56. The number of amides is 1. The van der Waals surface area contributed by atoms with Crippen molar-refractivity contribution in [3.05, 3.63) is 29.7 Å². The van der Waals surface area contributed by atoms with Gasteiger partial charge in [0.25, 0.3) is 0 Å². The van der Waals surface area contributed by atoms with Crippen molar-refractivity contribution in [1.82, 2.24) is 10.3 Å². The summed E-state index contributed by atoms with van der Waals surface area (Å²) in [6.07, 6.45) is 4.59. The summed E-state index contributed by atoms with van der Waals surface area (Å²) in [4.78, 5) is 27.2. The number of nitrogens with zero attached hydrogens (tertiary/aromatic N) is 1. The highest BCUT2D eigenvalue weighted by atomic mass is 32.1. The van der Waals surface area contributed by atoms with Gasteiger partial charge in [0.15, 0.2) is 0 Å². The van der Waals surface area contributed by atoms with Gasteiger partial charge in [0, 0.05) is 17.5 Å². The largest absolute Gasteiger partial charge is 0.481 e. The van der Waals surface area contributed by atoms with Gasteiger partial charge in [-0.2, -0.15) is 0 Å². The Morgan fingerprint density at radius 2 is 2.29 bits per heavy atom. The number of hydrogen-bond donors (Lipinski definition) is 2. The van der Waals surface area contributed by atoms with Crippen LogP contribution in [-0.4, -0.2) is 28.5 Å². The molecule has 0 bridgehead atoms. The molecule has 1 saturated carbocycles. The molecule has 2 N–H and O–H groups in total. The van der Waals surface area contributed by atoms with Crippen LogP contribution in [-0.2, 0) is 16.0 Å². The van der Waals surface area contributed by atoms with Crippen LogP contribution in [0.4, 0.5) is 0 Å². The molecule has 2 heterocycles. The molecular weight excluding hydrogens is 292 g/mol. The van der Waals surface area contributed by atoms with E-state index in [0.717, 1.165) is 10.6 Å². The molecule has 2 aromatic heterocycles. The van der Waals surface area contributed by atoms with E-state index in [-0.39, 0.29) is 18.9 Å². The number of carbonyl (C=O) groups excluding carboxylic acids is 1. The molecule has 0 radical (unpaired) electrons. The number of nitrogens with one attached hydrogen (secondary N) is 1. The second-order valence-corrected chi connectivity index (χ2v) is 6.05. The third kappa shape index (κ3) is 2.97. The molecule has 0 spiro atoms. The number of carbonyl (C=O) groups is 2. The average Bonchev–Trinajstić information content (AvgIpc) is 2.88. The lowest BCUT2D eigenvalue weighted by Crippen LogP contribution is -2.35. The first-order valence-corrected chi connectivity index (χ1v) is 7.44. The average molecular weight is 306 g/mol. The molecule has 0 aliphatic heterocycles. The van der Waals surface area contributed by atoms with Gasteiger partial charge in [0.2, 0.25) is 5.91 Å². The maximum Gasteiger partial charge on any atom is 0.311 e. The minimum atomic E-state index is -0.835. The summed E-state index contributed by atoms with van der Waals surface area (Å²) in [6, 6.07) is 1.81. The fourth-order valence-corrected chi connectivity index (χ4v) is 2.82. The number of thiazole rings is 1. The van der Waals surface area contributed by atoms with Gasteiger partial charge < -0.3 is 14.8 Å². The van der Waals surface area contributed by atoms with Gasteiger partial charge in [-0.05, 0) is 18.9 Å². The number of hydrogen-bond acceptors (Lipinski definition) is 5. The molecule has 0 unspecified atom stereocenters. The van der Waals surface area contributed by atoms with E-state index in [1.807, 2.05) is 11.4 Å². The standard InChI is InChI=1S/C14H14N2O4S/c17-11(15-8-14(2-3-14)13(18)19)5-10-7-21-12(16-10)9-1-4-20-6-9/h1,4,6-7H,2-3,5,8H2,(H,15,17)(H,18,19). The second kappa shape index (κ2) is 5.33. The fourth-order valence-electron chi connectivity index (χ4n) is 2.02. The number of furan rings is 1. The highest BCUT2D eigenvalue weighted by Crippen LogP contribution is 2.45. The van der Waals surface area contributed by atoms with Gasteiger partial charge in [-0.15, -0.1) is 11.3 Å². The van der Waals surface area contributed by atoms with E-state index < -0.39 is 11.4 Å². The normalized spacial score (nSPS) is 15.6. The summed E-state index contributed by atoms with van der Waals surface area (Å²) in [5.41, 5.74) is 0.822. The molecule has 1 fully saturated rings. The molecule has 6 nitrogen and oxygen atoms in total.